The molecule has 1 saturated heterocycles. The van der Waals surface area contributed by atoms with Gasteiger partial charge in [-0.1, -0.05) is 19.4 Å². The number of allylic oxidation sites excluding steroid dienone is 2. The van der Waals surface area contributed by atoms with Crippen molar-refractivity contribution in [2.75, 3.05) is 13.7 Å². The molecule has 3 aliphatic carbocycles. The standard InChI is InChI=1S/C36H45N5O10S/c1-6-21-18-36(21,33(45)40-52(47,48)24-11-12-24)39-30(43)27-17-23(50-31-25-13-10-22(49-5)16-20(25)14-15-37-31)19-41(27)32(44)29(26-8-7-9-28(26)42)38-34(46)51-35(2,3)4/h7,9-10,13-16,21,23-24,26-27,29H,6,8,11-12,17-19H2,1-5H3,(H,38,46)(H,39,43)(H,40,45)/t21-,23-,26?,27+,29+,36-/m1/s1. The molecule has 15 nitrogen and oxygen atoms in total. The van der Waals surface area contributed by atoms with Gasteiger partial charge in [-0.15, -0.1) is 0 Å². The van der Waals surface area contributed by atoms with Crippen LogP contribution >= 0.6 is 0 Å². The van der Waals surface area contributed by atoms with Crippen molar-refractivity contribution >= 4 is 50.4 Å². The summed E-state index contributed by atoms with van der Waals surface area (Å²) < 4.78 is 44.7. The van der Waals surface area contributed by atoms with Crippen LogP contribution in [0.3, 0.4) is 0 Å². The van der Waals surface area contributed by atoms with E-state index >= 15 is 0 Å². The maximum Gasteiger partial charge on any atom is 0.408 e. The number of likely N-dealkylation sites (tertiary alicyclic amines) is 1. The SMILES string of the molecule is CC[C@@H]1C[C@]1(NC(=O)[C@@H]1C[C@@H](Oc2nccc3cc(OC)ccc23)CN1C(=O)[C@@H](NC(=O)OC(C)(C)C)C1CC=CC1=O)C(=O)NS(=O)(=O)C1CC1. The van der Waals surface area contributed by atoms with Gasteiger partial charge in [0.2, 0.25) is 27.7 Å². The van der Waals surface area contributed by atoms with Crippen molar-refractivity contribution in [1.82, 2.24) is 25.2 Å². The number of hydrogen-bond acceptors (Lipinski definition) is 11. The summed E-state index contributed by atoms with van der Waals surface area (Å²) in [6.45, 7) is 6.70. The average Bonchev–Trinajstić information content (AvgIpc) is 3.98. The van der Waals surface area contributed by atoms with E-state index < -0.39 is 74.3 Å². The Balaban J connectivity index is 1.30. The molecule has 1 aromatic carbocycles. The Morgan fingerprint density at radius 2 is 1.88 bits per heavy atom. The van der Waals surface area contributed by atoms with Crippen molar-refractivity contribution in [3.63, 3.8) is 0 Å². The number of sulfonamides is 1. The third-order valence-corrected chi connectivity index (χ3v) is 11.8. The Morgan fingerprint density at radius 3 is 2.50 bits per heavy atom. The molecule has 2 saturated carbocycles. The first-order valence-electron chi connectivity index (χ1n) is 17.5. The molecule has 6 atom stereocenters. The maximum atomic E-state index is 14.5. The summed E-state index contributed by atoms with van der Waals surface area (Å²) in [5.41, 5.74) is -2.39. The van der Waals surface area contributed by atoms with Crippen LogP contribution < -0.4 is 24.8 Å². The summed E-state index contributed by atoms with van der Waals surface area (Å²) in [5, 5.41) is 6.19. The number of aromatic nitrogens is 1. The van der Waals surface area contributed by atoms with Gasteiger partial charge in [-0.05, 0) is 88.1 Å². The lowest BCUT2D eigenvalue weighted by Crippen LogP contribution is -2.59. The van der Waals surface area contributed by atoms with Crippen molar-refractivity contribution < 1.29 is 46.6 Å². The van der Waals surface area contributed by atoms with Gasteiger partial charge in [0.05, 0.1) is 24.8 Å². The van der Waals surface area contributed by atoms with E-state index in [1.165, 1.54) is 11.0 Å². The highest BCUT2D eigenvalue weighted by Crippen LogP contribution is 2.47. The summed E-state index contributed by atoms with van der Waals surface area (Å²) in [4.78, 5) is 73.9. The number of hydrogen-bond donors (Lipinski definition) is 3. The Bertz CT molecular complexity index is 1920. The minimum atomic E-state index is -3.90. The number of alkyl carbamates (subject to hydrolysis) is 1. The lowest BCUT2D eigenvalue weighted by atomic mass is 9.94. The fourth-order valence-corrected chi connectivity index (χ4v) is 8.36. The van der Waals surface area contributed by atoms with Gasteiger partial charge in [0.15, 0.2) is 5.78 Å². The monoisotopic (exact) mass is 739 g/mol. The second kappa shape index (κ2) is 14.0. The zero-order valence-electron chi connectivity index (χ0n) is 29.8. The van der Waals surface area contributed by atoms with Gasteiger partial charge in [-0.3, -0.25) is 23.9 Å². The van der Waals surface area contributed by atoms with Crippen LogP contribution in [0.2, 0.25) is 0 Å². The first-order valence-corrected chi connectivity index (χ1v) is 19.1. The molecule has 2 aromatic rings. The predicted molar refractivity (Wildman–Crippen MR) is 188 cm³/mol. The summed E-state index contributed by atoms with van der Waals surface area (Å²) in [6.07, 6.45) is 4.60. The summed E-state index contributed by atoms with van der Waals surface area (Å²) >= 11 is 0. The molecular weight excluding hydrogens is 694 g/mol. The van der Waals surface area contributed by atoms with E-state index in [1.54, 1.807) is 58.4 Å². The fourth-order valence-electron chi connectivity index (χ4n) is 7.00. The zero-order valence-corrected chi connectivity index (χ0v) is 30.7. The minimum Gasteiger partial charge on any atom is -0.497 e. The van der Waals surface area contributed by atoms with Crippen LogP contribution in [0.15, 0.2) is 42.6 Å². The number of methoxy groups -OCH3 is 1. The fraction of sp³-hybridized carbons (Fsp3) is 0.556. The number of benzene rings is 1. The molecule has 4 aliphatic rings. The molecule has 16 heteroatoms. The highest BCUT2D eigenvalue weighted by Gasteiger charge is 2.62. The van der Waals surface area contributed by atoms with Crippen LogP contribution in [0.4, 0.5) is 4.79 Å². The Hall–Kier alpha value is -4.73. The minimum absolute atomic E-state index is 0.0311. The lowest BCUT2D eigenvalue weighted by Gasteiger charge is -2.32. The van der Waals surface area contributed by atoms with Crippen LogP contribution in [-0.2, 0) is 33.9 Å². The third-order valence-electron chi connectivity index (χ3n) is 9.99. The number of rotatable bonds is 12. The number of amides is 4. The van der Waals surface area contributed by atoms with Crippen molar-refractivity contribution in [2.24, 2.45) is 11.8 Å². The maximum absolute atomic E-state index is 14.5. The number of ether oxygens (including phenoxy) is 3. The molecule has 0 bridgehead atoms. The van der Waals surface area contributed by atoms with Crippen LogP contribution in [-0.4, -0.2) is 96.1 Å². The molecule has 3 fully saturated rings. The van der Waals surface area contributed by atoms with Crippen LogP contribution in [0.25, 0.3) is 10.8 Å². The molecule has 1 aliphatic heterocycles. The van der Waals surface area contributed by atoms with Crippen molar-refractivity contribution in [3.05, 3.63) is 42.6 Å². The van der Waals surface area contributed by atoms with Gasteiger partial charge < -0.3 is 29.7 Å². The second-order valence-electron chi connectivity index (χ2n) is 14.9. The largest absolute Gasteiger partial charge is 0.497 e. The molecule has 3 N–H and O–H groups in total. The number of carbonyl (C=O) groups excluding carboxylic acids is 5. The van der Waals surface area contributed by atoms with Gasteiger partial charge in [0.25, 0.3) is 5.91 Å². The van der Waals surface area contributed by atoms with E-state index in [0.717, 1.165) is 5.39 Å². The normalized spacial score (nSPS) is 26.1. The molecule has 1 aromatic heterocycles. The van der Waals surface area contributed by atoms with Gasteiger partial charge in [0.1, 0.15) is 35.1 Å². The van der Waals surface area contributed by atoms with Gasteiger partial charge in [0, 0.05) is 18.0 Å². The molecule has 0 spiro atoms. The van der Waals surface area contributed by atoms with Crippen LogP contribution in [0, 0.1) is 11.8 Å². The van der Waals surface area contributed by atoms with Crippen LogP contribution in [0.1, 0.15) is 66.2 Å². The lowest BCUT2D eigenvalue weighted by molar-refractivity contribution is -0.143. The first kappa shape index (κ1) is 37.0. The number of fused-ring (bicyclic) bond motifs is 1. The highest BCUT2D eigenvalue weighted by molar-refractivity contribution is 7.91. The molecular formula is C36H45N5O10S. The van der Waals surface area contributed by atoms with Crippen LogP contribution in [0.5, 0.6) is 11.6 Å². The van der Waals surface area contributed by atoms with Gasteiger partial charge in [-0.2, -0.15) is 0 Å². The van der Waals surface area contributed by atoms with E-state index in [2.05, 4.69) is 20.3 Å². The Morgan fingerprint density at radius 1 is 1.13 bits per heavy atom. The predicted octanol–water partition coefficient (Wildman–Crippen LogP) is 2.52. The summed E-state index contributed by atoms with van der Waals surface area (Å²) in [6, 6.07) is 4.54. The first-order chi connectivity index (χ1) is 24.5. The molecule has 6 rings (SSSR count). The Labute approximate surface area is 302 Å². The average molecular weight is 740 g/mol. The number of nitrogens with zero attached hydrogens (tertiary/aromatic N) is 2. The van der Waals surface area contributed by atoms with Crippen molar-refractivity contribution in [2.45, 2.75) is 101 Å². The molecule has 52 heavy (non-hydrogen) atoms. The van der Waals surface area contributed by atoms with E-state index in [9.17, 15) is 32.4 Å². The molecule has 1 unspecified atom stereocenters. The van der Waals surface area contributed by atoms with Gasteiger partial charge >= 0.3 is 6.09 Å². The number of pyridine rings is 1. The number of ketones is 1. The number of carbonyl (C=O) groups is 5. The van der Waals surface area contributed by atoms with E-state index in [4.69, 9.17) is 14.2 Å². The third kappa shape index (κ3) is 7.71. The molecule has 280 valence electrons. The van der Waals surface area contributed by atoms with E-state index in [0.29, 0.717) is 30.4 Å². The van der Waals surface area contributed by atoms with E-state index in [1.807, 2.05) is 13.0 Å². The zero-order chi connectivity index (χ0) is 37.6. The Kier molecular flexibility index (Phi) is 9.98. The van der Waals surface area contributed by atoms with Crippen molar-refractivity contribution in [3.8, 4) is 11.6 Å². The molecule has 2 heterocycles. The second-order valence-corrected chi connectivity index (χ2v) is 16.9. The summed E-state index contributed by atoms with van der Waals surface area (Å²) in [5.74, 6) is -2.98. The quantitative estimate of drug-likeness (QED) is 0.289. The molecule has 0 radical (unpaired) electrons. The highest BCUT2D eigenvalue weighted by atomic mass is 32.2. The molecule has 4 amide bonds. The summed E-state index contributed by atoms with van der Waals surface area (Å²) in [7, 11) is -2.34. The van der Waals surface area contributed by atoms with Gasteiger partial charge in [-0.25, -0.2) is 18.2 Å². The number of nitrogens with one attached hydrogen (secondary N) is 3. The smallest absolute Gasteiger partial charge is 0.408 e. The van der Waals surface area contributed by atoms with E-state index in [-0.39, 0.29) is 43.4 Å². The topological polar surface area (TPSA) is 199 Å². The van der Waals surface area contributed by atoms with Crippen molar-refractivity contribution in [1.29, 1.82) is 0 Å².